The van der Waals surface area contributed by atoms with E-state index in [1.807, 2.05) is 0 Å². The van der Waals surface area contributed by atoms with Gasteiger partial charge in [0.1, 0.15) is 42.6 Å². The molecule has 0 saturated carbocycles. The van der Waals surface area contributed by atoms with E-state index in [1.54, 1.807) is 0 Å². The summed E-state index contributed by atoms with van der Waals surface area (Å²) in [6.45, 7) is 6.15. The van der Waals surface area contributed by atoms with Gasteiger partial charge in [0.15, 0.2) is 23.0 Å². The summed E-state index contributed by atoms with van der Waals surface area (Å²) in [7, 11) is -19.2. The molecule has 9 rings (SSSR count). The third-order valence-electron chi connectivity index (χ3n) is 13.6. The van der Waals surface area contributed by atoms with Crippen molar-refractivity contribution in [1.29, 1.82) is 0 Å². The van der Waals surface area contributed by atoms with Crippen LogP contribution in [0.15, 0.2) is 165 Å². The van der Waals surface area contributed by atoms with Crippen LogP contribution >= 0.6 is 46.4 Å². The Morgan fingerprint density at radius 1 is 0.287 bits per heavy atom. The molecular weight excluding hydrogens is 1200 g/mol. The predicted molar refractivity (Wildman–Crippen MR) is 300 cm³/mol. The molecule has 0 spiro atoms. The molecule has 1 aliphatic carbocycles. The van der Waals surface area contributed by atoms with Gasteiger partial charge in [-0.25, -0.2) is 0 Å². The van der Waals surface area contributed by atoms with Crippen molar-refractivity contribution in [1.82, 2.24) is 0 Å². The first-order valence-corrected chi connectivity index (χ1v) is 31.0. The van der Waals surface area contributed by atoms with E-state index in [0.29, 0.717) is 0 Å². The lowest BCUT2D eigenvalue weighted by atomic mass is 9.81. The smallest absolute Gasteiger partial charge is 0.339 e. The van der Waals surface area contributed by atoms with Gasteiger partial charge in [-0.15, -0.1) is 0 Å². The van der Waals surface area contributed by atoms with E-state index < -0.39 is 110 Å². The Morgan fingerprint density at radius 2 is 0.463 bits per heavy atom. The lowest BCUT2D eigenvalue weighted by molar-refractivity contribution is 0.438. The summed E-state index contributed by atoms with van der Waals surface area (Å²) in [4.78, 5) is -1.45. The molecule has 0 radical (unpaired) electrons. The third-order valence-corrected chi connectivity index (χ3v) is 19.6. The SMILES string of the molecule is CC1c2cc(c(O)cc2O)C(C)c2cc(c(OS(=O)(=O)c3ccc(Cl)cc3)cc2OS(=O)(=O)c2ccc(Cl)cc2)C(C)c2cc(c(O)cc2O)C(C)c2cc1c(OS(=O)(=O)c1ccc(Cl)cc1)cc2OS(=O)(=O)c1ccc(Cl)cc1. The molecule has 0 saturated heterocycles. The Balaban J connectivity index is 1.35. The third kappa shape index (κ3) is 11.7. The van der Waals surface area contributed by atoms with Gasteiger partial charge in [0, 0.05) is 113 Å². The number of hydrogen-bond donors (Lipinski definition) is 4. The van der Waals surface area contributed by atoms with Crippen LogP contribution in [0.25, 0.3) is 0 Å². The maximum atomic E-state index is 14.2. The monoisotopic (exact) mass is 1240 g/mol. The summed E-state index contributed by atoms with van der Waals surface area (Å²) >= 11 is 24.4. The number of hydrogen-bond acceptors (Lipinski definition) is 16. The van der Waals surface area contributed by atoms with Crippen LogP contribution in [0.3, 0.4) is 0 Å². The molecule has 0 amide bonds. The molecule has 0 aromatic heterocycles. The molecule has 16 nitrogen and oxygen atoms in total. The van der Waals surface area contributed by atoms with Crippen molar-refractivity contribution in [3.05, 3.63) is 210 Å². The molecule has 4 unspecified atom stereocenters. The lowest BCUT2D eigenvalue weighted by Gasteiger charge is -2.27. The normalized spacial score (nSPS) is 16.6. The number of aromatic hydroxyl groups is 4. The number of phenolic OH excluding ortho intramolecular Hbond substituents is 4. The highest BCUT2D eigenvalue weighted by molar-refractivity contribution is 7.88. The van der Waals surface area contributed by atoms with Crippen molar-refractivity contribution >= 4 is 86.9 Å². The number of rotatable bonds is 12. The van der Waals surface area contributed by atoms with E-state index in [4.69, 9.17) is 63.1 Å². The summed E-state index contributed by atoms with van der Waals surface area (Å²) in [6, 6.07) is 29.3. The van der Waals surface area contributed by atoms with E-state index in [-0.39, 0.29) is 84.2 Å². The largest absolute Gasteiger partial charge is 0.508 e. The summed E-state index contributed by atoms with van der Waals surface area (Å²) in [5.41, 5.74) is -0.0996. The molecule has 0 heterocycles. The van der Waals surface area contributed by atoms with Crippen LogP contribution in [0.2, 0.25) is 20.1 Å². The second-order valence-electron chi connectivity index (χ2n) is 18.6. The van der Waals surface area contributed by atoms with Crippen LogP contribution in [0.4, 0.5) is 0 Å². The summed E-state index contributed by atoms with van der Waals surface area (Å²) in [6.07, 6.45) is 0. The zero-order valence-corrected chi connectivity index (χ0v) is 48.3. The molecular formula is C56H44Cl4O16S4. The van der Waals surface area contributed by atoms with Crippen molar-refractivity contribution in [2.24, 2.45) is 0 Å². The van der Waals surface area contributed by atoms with Gasteiger partial charge in [0.05, 0.1) is 0 Å². The Hall–Kier alpha value is -6.88. The van der Waals surface area contributed by atoms with Crippen molar-refractivity contribution in [2.45, 2.75) is 70.9 Å². The molecule has 0 fully saturated rings. The van der Waals surface area contributed by atoms with Crippen molar-refractivity contribution in [3.8, 4) is 46.0 Å². The second kappa shape index (κ2) is 21.9. The number of halogens is 4. The van der Waals surface area contributed by atoms with E-state index >= 15 is 0 Å². The van der Waals surface area contributed by atoms with Gasteiger partial charge >= 0.3 is 40.5 Å². The van der Waals surface area contributed by atoms with Gasteiger partial charge in [-0.2, -0.15) is 33.7 Å². The fraction of sp³-hybridized carbons (Fsp3) is 0.143. The zero-order valence-electron chi connectivity index (χ0n) is 42.0. The Kier molecular flexibility index (Phi) is 15.8. The van der Waals surface area contributed by atoms with Crippen LogP contribution in [-0.2, 0) is 40.5 Å². The minimum atomic E-state index is -4.81. The second-order valence-corrected chi connectivity index (χ2v) is 26.6. The first kappa shape index (κ1) is 57.8. The highest BCUT2D eigenvalue weighted by atomic mass is 35.5. The minimum absolute atomic E-state index is 0.000154. The van der Waals surface area contributed by atoms with Crippen molar-refractivity contribution in [2.75, 3.05) is 0 Å². The molecule has 4 atom stereocenters. The molecule has 4 N–H and O–H groups in total. The molecule has 80 heavy (non-hydrogen) atoms. The summed E-state index contributed by atoms with van der Waals surface area (Å²) in [5.74, 6) is -8.86. The Bertz CT molecular complexity index is 3690. The van der Waals surface area contributed by atoms with Gasteiger partial charge in [0.2, 0.25) is 0 Å². The van der Waals surface area contributed by atoms with Gasteiger partial charge in [-0.1, -0.05) is 74.1 Å². The zero-order chi connectivity index (χ0) is 58.0. The molecule has 8 bridgehead atoms. The molecule has 1 aliphatic rings. The van der Waals surface area contributed by atoms with E-state index in [2.05, 4.69) is 0 Å². The first-order valence-electron chi connectivity index (χ1n) is 23.8. The molecule has 416 valence electrons. The van der Waals surface area contributed by atoms with E-state index in [0.717, 1.165) is 24.3 Å². The summed E-state index contributed by atoms with van der Waals surface area (Å²) < 4.78 is 137. The van der Waals surface area contributed by atoms with Gasteiger partial charge < -0.3 is 37.2 Å². The first-order chi connectivity index (χ1) is 37.5. The van der Waals surface area contributed by atoms with Crippen LogP contribution in [0.1, 0.15) is 95.9 Å². The highest BCUT2D eigenvalue weighted by Crippen LogP contribution is 2.51. The molecule has 8 aromatic carbocycles. The highest BCUT2D eigenvalue weighted by Gasteiger charge is 2.35. The maximum absolute atomic E-state index is 14.2. The van der Waals surface area contributed by atoms with Crippen molar-refractivity contribution < 1.29 is 70.8 Å². The minimum Gasteiger partial charge on any atom is -0.508 e. The van der Waals surface area contributed by atoms with E-state index in [1.165, 1.54) is 149 Å². The van der Waals surface area contributed by atoms with Gasteiger partial charge in [0.25, 0.3) is 0 Å². The van der Waals surface area contributed by atoms with Gasteiger partial charge in [-0.3, -0.25) is 0 Å². The van der Waals surface area contributed by atoms with Crippen molar-refractivity contribution in [3.63, 3.8) is 0 Å². The standard InChI is InChI=1S/C56H44Cl4O16S4/c1-29-41-21-42(50(62)25-49(41)61)30(2)47-24-48(56(76-80(71,72)40-19-11-36(60)12-20-40)28-55(47)75-79(69,70)39-17-9-35(59)10-18-39)32(4)44-22-43(51(63)26-52(44)64)31(3)46-23-45(29)53(73-77(65,66)37-13-5-33(57)6-14-37)27-54(46)74-78(67,68)38-15-7-34(58)8-16-38/h5-32,61-64H,1-4H3. The van der Waals surface area contributed by atoms with E-state index in [9.17, 15) is 54.1 Å². The maximum Gasteiger partial charge on any atom is 0.339 e. The van der Waals surface area contributed by atoms with Crippen LogP contribution in [-0.4, -0.2) is 54.1 Å². The lowest BCUT2D eigenvalue weighted by Crippen LogP contribution is -2.16. The molecule has 24 heteroatoms. The average Bonchev–Trinajstić information content (AvgIpc) is 3.41. The van der Waals surface area contributed by atoms with Crippen LogP contribution in [0, 0.1) is 0 Å². The Labute approximate surface area is 481 Å². The Morgan fingerprint density at radius 3 is 0.650 bits per heavy atom. The van der Waals surface area contributed by atoms with Crippen LogP contribution < -0.4 is 16.7 Å². The number of phenols is 4. The number of fused-ring (bicyclic) bond motifs is 8. The van der Waals surface area contributed by atoms with Crippen LogP contribution in [0.5, 0.6) is 46.0 Å². The molecule has 8 aromatic rings. The summed E-state index contributed by atoms with van der Waals surface area (Å²) in [5, 5.41) is 48.0. The predicted octanol–water partition coefficient (Wildman–Crippen LogP) is 13.1. The molecule has 0 aliphatic heterocycles. The quantitative estimate of drug-likeness (QED) is 0.0830. The fourth-order valence-corrected chi connectivity index (χ4v) is 13.5. The number of benzene rings is 8. The fourth-order valence-electron chi connectivity index (χ4n) is 9.18. The average molecular weight is 1240 g/mol. The topological polar surface area (TPSA) is 254 Å². The van der Waals surface area contributed by atoms with Gasteiger partial charge in [-0.05, 0) is 121 Å².